The molecule has 4 rings (SSSR count). The normalized spacial score (nSPS) is 15.8. The number of anilines is 1. The fraction of sp³-hybridized carbons (Fsp3) is 0.222. The zero-order chi connectivity index (χ0) is 18.3. The Labute approximate surface area is 150 Å². The second-order valence-corrected chi connectivity index (χ2v) is 5.73. The van der Waals surface area contributed by atoms with Crippen LogP contribution in [-0.4, -0.2) is 36.8 Å². The molecule has 0 radical (unpaired) electrons. The largest absolute Gasteiger partial charge is 0.493 e. The molecule has 0 aliphatic carbocycles. The Morgan fingerprint density at radius 1 is 1.00 bits per heavy atom. The van der Waals surface area contributed by atoms with E-state index in [9.17, 15) is 0 Å². The zero-order valence-corrected chi connectivity index (χ0v) is 14.7. The number of fused-ring (bicyclic) bond motifs is 3. The van der Waals surface area contributed by atoms with Crippen molar-refractivity contribution >= 4 is 22.9 Å². The fourth-order valence-corrected chi connectivity index (χ4v) is 3.25. The van der Waals surface area contributed by atoms with E-state index in [0.29, 0.717) is 23.2 Å². The highest BCUT2D eigenvalue weighted by atomic mass is 16.5. The summed E-state index contributed by atoms with van der Waals surface area (Å²) < 4.78 is 18.5. The number of ether oxygens (including phenoxy) is 3. The number of nitrogens with one attached hydrogen (secondary N) is 1. The van der Waals surface area contributed by atoms with E-state index < -0.39 is 6.17 Å². The topological polar surface area (TPSA) is 95.9 Å². The lowest BCUT2D eigenvalue weighted by molar-refractivity contribution is 0.320. The molecular weight excluding hydrogens is 334 g/mol. The molecule has 3 N–H and O–H groups in total. The molecule has 0 unspecified atom stereocenters. The molecule has 0 saturated carbocycles. The van der Waals surface area contributed by atoms with Crippen LogP contribution in [0.5, 0.6) is 17.2 Å². The standard InChI is InChI=1S/C18H19N5O3/c1-24-13-9-8-10(14(25-2)15(13)26-3)16-21-17(19)22-18-20-11-6-4-5-7-12(11)23(16)18/h4-9,16H,1-3H3,(H3,19,20,21,22)/t16-/m1/s1. The number of methoxy groups -OCH3 is 3. The molecule has 1 atom stereocenters. The van der Waals surface area contributed by atoms with Crippen molar-refractivity contribution in [2.24, 2.45) is 10.7 Å². The van der Waals surface area contributed by atoms with Gasteiger partial charge >= 0.3 is 0 Å². The summed E-state index contributed by atoms with van der Waals surface area (Å²) in [5.74, 6) is 2.54. The molecule has 26 heavy (non-hydrogen) atoms. The van der Waals surface area contributed by atoms with Crippen LogP contribution in [0.25, 0.3) is 11.0 Å². The maximum Gasteiger partial charge on any atom is 0.212 e. The smallest absolute Gasteiger partial charge is 0.212 e. The van der Waals surface area contributed by atoms with Gasteiger partial charge in [0, 0.05) is 5.56 Å². The first kappa shape index (κ1) is 16.1. The molecule has 134 valence electrons. The summed E-state index contributed by atoms with van der Waals surface area (Å²) in [6, 6.07) is 11.6. The molecule has 1 aliphatic rings. The van der Waals surface area contributed by atoms with Gasteiger partial charge in [-0.2, -0.15) is 0 Å². The predicted octanol–water partition coefficient (Wildman–Crippen LogP) is 2.35. The summed E-state index contributed by atoms with van der Waals surface area (Å²) in [5, 5.41) is 3.02. The van der Waals surface area contributed by atoms with Gasteiger partial charge in [0.05, 0.1) is 32.4 Å². The Morgan fingerprint density at radius 2 is 1.77 bits per heavy atom. The lowest BCUT2D eigenvalue weighted by Gasteiger charge is -2.26. The molecule has 0 fully saturated rings. The first-order chi connectivity index (χ1) is 12.7. The predicted molar refractivity (Wildman–Crippen MR) is 99.2 cm³/mol. The van der Waals surface area contributed by atoms with Crippen LogP contribution in [0.4, 0.5) is 5.95 Å². The van der Waals surface area contributed by atoms with E-state index >= 15 is 0 Å². The van der Waals surface area contributed by atoms with Gasteiger partial charge in [0.2, 0.25) is 11.7 Å². The monoisotopic (exact) mass is 353 g/mol. The minimum Gasteiger partial charge on any atom is -0.493 e. The van der Waals surface area contributed by atoms with Crippen molar-refractivity contribution in [2.75, 3.05) is 26.6 Å². The average molecular weight is 353 g/mol. The van der Waals surface area contributed by atoms with Crippen LogP contribution < -0.4 is 25.3 Å². The van der Waals surface area contributed by atoms with E-state index in [-0.39, 0.29) is 5.96 Å². The number of hydrogen-bond acceptors (Lipinski definition) is 7. The number of benzene rings is 2. The summed E-state index contributed by atoms with van der Waals surface area (Å²) in [6.45, 7) is 0. The molecule has 0 saturated heterocycles. The van der Waals surface area contributed by atoms with Crippen LogP contribution >= 0.6 is 0 Å². The maximum absolute atomic E-state index is 6.01. The third-order valence-corrected chi connectivity index (χ3v) is 4.35. The molecule has 1 aromatic heterocycles. The highest BCUT2D eigenvalue weighted by Crippen LogP contribution is 2.45. The van der Waals surface area contributed by atoms with E-state index in [1.165, 1.54) is 0 Å². The van der Waals surface area contributed by atoms with Gasteiger partial charge in [-0.3, -0.25) is 9.88 Å². The number of hydrogen-bond donors (Lipinski definition) is 2. The molecular formula is C18H19N5O3. The molecule has 0 bridgehead atoms. The number of imidazole rings is 1. The van der Waals surface area contributed by atoms with Gasteiger partial charge in [-0.15, -0.1) is 0 Å². The summed E-state index contributed by atoms with van der Waals surface area (Å²) in [7, 11) is 4.74. The van der Waals surface area contributed by atoms with Crippen LogP contribution in [0.3, 0.4) is 0 Å². The van der Waals surface area contributed by atoms with Crippen LogP contribution in [0, 0.1) is 0 Å². The van der Waals surface area contributed by atoms with Gasteiger partial charge in [0.25, 0.3) is 0 Å². The number of guanidine groups is 1. The fourth-order valence-electron chi connectivity index (χ4n) is 3.25. The van der Waals surface area contributed by atoms with Gasteiger partial charge in [-0.1, -0.05) is 12.1 Å². The summed E-state index contributed by atoms with van der Waals surface area (Å²) in [4.78, 5) is 9.19. The van der Waals surface area contributed by atoms with Crippen molar-refractivity contribution in [3.63, 3.8) is 0 Å². The average Bonchev–Trinajstić information content (AvgIpc) is 3.03. The molecule has 1 aliphatic heterocycles. The number of aromatic nitrogens is 2. The minimum absolute atomic E-state index is 0.287. The maximum atomic E-state index is 6.01. The van der Waals surface area contributed by atoms with Crippen molar-refractivity contribution in [3.8, 4) is 17.2 Å². The van der Waals surface area contributed by atoms with Gasteiger partial charge in [-0.05, 0) is 24.3 Å². The highest BCUT2D eigenvalue weighted by molar-refractivity contribution is 5.94. The molecule has 2 aromatic carbocycles. The van der Waals surface area contributed by atoms with Crippen LogP contribution in [0.15, 0.2) is 41.4 Å². The molecule has 8 nitrogen and oxygen atoms in total. The van der Waals surface area contributed by atoms with Gasteiger partial charge in [0.1, 0.15) is 0 Å². The van der Waals surface area contributed by atoms with E-state index in [2.05, 4.69) is 15.3 Å². The second kappa shape index (κ2) is 6.14. The number of nitrogens with zero attached hydrogens (tertiary/aromatic N) is 3. The van der Waals surface area contributed by atoms with E-state index in [1.807, 2.05) is 41.0 Å². The molecule has 8 heteroatoms. The summed E-state index contributed by atoms with van der Waals surface area (Å²) >= 11 is 0. The Hall–Kier alpha value is -3.42. The molecule has 2 heterocycles. The first-order valence-electron chi connectivity index (χ1n) is 8.04. The van der Waals surface area contributed by atoms with E-state index in [4.69, 9.17) is 19.9 Å². The SMILES string of the molecule is COc1ccc([C@@H]2N=C(N)Nc3nc4ccccc4n32)c(OC)c1OC. The lowest BCUT2D eigenvalue weighted by Crippen LogP contribution is -2.31. The number of nitrogens with two attached hydrogens (primary N) is 1. The van der Waals surface area contributed by atoms with Crippen molar-refractivity contribution in [1.29, 1.82) is 0 Å². The minimum atomic E-state index is -0.451. The number of rotatable bonds is 4. The second-order valence-electron chi connectivity index (χ2n) is 5.73. The van der Waals surface area contributed by atoms with Crippen LogP contribution in [-0.2, 0) is 0 Å². The van der Waals surface area contributed by atoms with Gasteiger partial charge in [0.15, 0.2) is 23.6 Å². The Morgan fingerprint density at radius 3 is 2.50 bits per heavy atom. The van der Waals surface area contributed by atoms with Gasteiger partial charge in [-0.25, -0.2) is 9.98 Å². The number of aliphatic imine (C=N–C) groups is 1. The van der Waals surface area contributed by atoms with Crippen molar-refractivity contribution < 1.29 is 14.2 Å². The summed E-state index contributed by atoms with van der Waals surface area (Å²) in [6.07, 6.45) is -0.451. The van der Waals surface area contributed by atoms with Crippen LogP contribution in [0.1, 0.15) is 11.7 Å². The Bertz CT molecular complexity index is 1010. The number of para-hydroxylation sites is 2. The molecule has 3 aromatic rings. The third-order valence-electron chi connectivity index (χ3n) is 4.35. The van der Waals surface area contributed by atoms with E-state index in [1.54, 1.807) is 21.3 Å². The Kier molecular flexibility index (Phi) is 3.80. The third kappa shape index (κ3) is 2.30. The summed E-state index contributed by atoms with van der Waals surface area (Å²) in [5.41, 5.74) is 8.59. The lowest BCUT2D eigenvalue weighted by atomic mass is 10.1. The van der Waals surface area contributed by atoms with Gasteiger partial charge < -0.3 is 19.9 Å². The highest BCUT2D eigenvalue weighted by Gasteiger charge is 2.29. The van der Waals surface area contributed by atoms with Crippen LogP contribution in [0.2, 0.25) is 0 Å². The van der Waals surface area contributed by atoms with Crippen molar-refractivity contribution in [1.82, 2.24) is 9.55 Å². The Balaban J connectivity index is 1.98. The first-order valence-corrected chi connectivity index (χ1v) is 8.04. The molecule has 0 spiro atoms. The zero-order valence-electron chi connectivity index (χ0n) is 14.7. The van der Waals surface area contributed by atoms with Crippen molar-refractivity contribution in [3.05, 3.63) is 42.0 Å². The van der Waals surface area contributed by atoms with E-state index in [0.717, 1.165) is 16.6 Å². The quantitative estimate of drug-likeness (QED) is 0.747. The molecule has 0 amide bonds. The van der Waals surface area contributed by atoms with Crippen molar-refractivity contribution in [2.45, 2.75) is 6.17 Å².